The van der Waals surface area contributed by atoms with Crippen LogP contribution in [0.1, 0.15) is 38.8 Å². The van der Waals surface area contributed by atoms with Crippen LogP contribution in [0.5, 0.6) is 0 Å². The molecule has 1 aromatic rings. The minimum absolute atomic E-state index is 0.109. The van der Waals surface area contributed by atoms with E-state index in [9.17, 15) is 4.39 Å². The Hall–Kier alpha value is -1.70. The summed E-state index contributed by atoms with van der Waals surface area (Å²) in [5.41, 5.74) is 1.09. The largest absolute Gasteiger partial charge is 0.379 e. The summed E-state index contributed by atoms with van der Waals surface area (Å²) in [7, 11) is 2.16. The molecule has 164 valence electrons. The van der Waals surface area contributed by atoms with Crippen molar-refractivity contribution in [3.63, 3.8) is 0 Å². The van der Waals surface area contributed by atoms with Crippen LogP contribution >= 0.6 is 0 Å². The second kappa shape index (κ2) is 12.8. The Bertz CT molecular complexity index is 604. The summed E-state index contributed by atoms with van der Waals surface area (Å²) >= 11 is 0. The number of likely N-dealkylation sites (N-methyl/N-ethyl adjacent to an activating group) is 1. The van der Waals surface area contributed by atoms with E-state index >= 15 is 0 Å². The molecule has 0 amide bonds. The van der Waals surface area contributed by atoms with Gasteiger partial charge < -0.3 is 20.3 Å². The van der Waals surface area contributed by atoms with Gasteiger partial charge in [0.2, 0.25) is 0 Å². The number of nitrogens with one attached hydrogen (secondary N) is 2. The minimum atomic E-state index is -0.210. The van der Waals surface area contributed by atoms with Gasteiger partial charge in [-0.3, -0.25) is 9.89 Å². The first kappa shape index (κ1) is 23.6. The van der Waals surface area contributed by atoms with Crippen LogP contribution in [0.4, 0.5) is 4.39 Å². The van der Waals surface area contributed by atoms with Crippen LogP contribution < -0.4 is 10.6 Å². The molecule has 1 aliphatic heterocycles. The highest BCUT2D eigenvalue weighted by Crippen LogP contribution is 2.22. The highest BCUT2D eigenvalue weighted by molar-refractivity contribution is 5.79. The molecule has 29 heavy (non-hydrogen) atoms. The maximum atomic E-state index is 13.4. The fourth-order valence-electron chi connectivity index (χ4n) is 3.41. The van der Waals surface area contributed by atoms with Crippen LogP contribution in [0.2, 0.25) is 0 Å². The fraction of sp³-hybridized carbons (Fsp3) is 0.682. The number of aliphatic imine (C=N–C) groups is 1. The molecule has 1 aliphatic rings. The van der Waals surface area contributed by atoms with Crippen LogP contribution in [-0.2, 0) is 4.74 Å². The number of hydrogen-bond acceptors (Lipinski definition) is 4. The molecule has 0 spiro atoms. The molecule has 0 bridgehead atoms. The maximum Gasteiger partial charge on any atom is 0.191 e. The maximum absolute atomic E-state index is 13.4. The third-order valence-electron chi connectivity index (χ3n) is 5.61. The van der Waals surface area contributed by atoms with Gasteiger partial charge >= 0.3 is 0 Å². The fourth-order valence-corrected chi connectivity index (χ4v) is 3.41. The van der Waals surface area contributed by atoms with Crippen molar-refractivity contribution in [1.29, 1.82) is 0 Å². The van der Waals surface area contributed by atoms with Gasteiger partial charge in [0.15, 0.2) is 5.96 Å². The predicted molar refractivity (Wildman–Crippen MR) is 118 cm³/mol. The normalized spacial score (nSPS) is 17.9. The van der Waals surface area contributed by atoms with E-state index in [2.05, 4.69) is 48.3 Å². The molecule has 7 heteroatoms. The lowest BCUT2D eigenvalue weighted by atomic mass is 10.0. The molecular weight excluding hydrogens is 369 g/mol. The van der Waals surface area contributed by atoms with Crippen molar-refractivity contribution in [2.75, 3.05) is 59.5 Å². The summed E-state index contributed by atoms with van der Waals surface area (Å²) in [6.45, 7) is 12.9. The molecule has 1 fully saturated rings. The first-order valence-corrected chi connectivity index (χ1v) is 10.8. The van der Waals surface area contributed by atoms with Crippen molar-refractivity contribution < 1.29 is 9.13 Å². The molecule has 1 heterocycles. The van der Waals surface area contributed by atoms with Crippen molar-refractivity contribution in [3.8, 4) is 0 Å². The number of morpholine rings is 1. The highest BCUT2D eigenvalue weighted by atomic mass is 19.1. The number of nitrogens with zero attached hydrogens (tertiary/aromatic N) is 3. The van der Waals surface area contributed by atoms with Crippen molar-refractivity contribution in [2.24, 2.45) is 4.99 Å². The zero-order chi connectivity index (χ0) is 21.1. The van der Waals surface area contributed by atoms with E-state index in [1.807, 2.05) is 12.1 Å². The number of hydrogen-bond donors (Lipinski definition) is 2. The van der Waals surface area contributed by atoms with Crippen LogP contribution in [0.15, 0.2) is 29.3 Å². The average Bonchev–Trinajstić information content (AvgIpc) is 2.75. The highest BCUT2D eigenvalue weighted by Gasteiger charge is 2.22. The standard InChI is InChI=1S/C22H38FN5O/c1-5-18(3)27(4)12-11-25-22(24-6-2)26-17-21(28-13-15-29-16-14-28)19-7-9-20(23)10-8-19/h7-10,18,21H,5-6,11-17H2,1-4H3,(H2,24,25,26). The molecule has 2 N–H and O–H groups in total. The molecule has 1 saturated heterocycles. The van der Waals surface area contributed by atoms with Gasteiger partial charge in [-0.15, -0.1) is 0 Å². The van der Waals surface area contributed by atoms with E-state index in [-0.39, 0.29) is 11.9 Å². The summed E-state index contributed by atoms with van der Waals surface area (Å²) < 4.78 is 18.9. The molecule has 0 saturated carbocycles. The topological polar surface area (TPSA) is 52.1 Å². The van der Waals surface area contributed by atoms with E-state index in [1.54, 1.807) is 0 Å². The van der Waals surface area contributed by atoms with Crippen LogP contribution in [-0.4, -0.2) is 81.3 Å². The molecule has 0 aliphatic carbocycles. The first-order valence-electron chi connectivity index (χ1n) is 10.8. The predicted octanol–water partition coefficient (Wildman–Crippen LogP) is 2.48. The number of guanidine groups is 1. The third kappa shape index (κ3) is 7.91. The number of halogens is 1. The van der Waals surface area contributed by atoms with Crippen LogP contribution in [0.3, 0.4) is 0 Å². The smallest absolute Gasteiger partial charge is 0.191 e. The Morgan fingerprint density at radius 1 is 1.21 bits per heavy atom. The van der Waals surface area contributed by atoms with E-state index in [0.717, 1.165) is 63.9 Å². The number of ether oxygens (including phenoxy) is 1. The Balaban J connectivity index is 2.03. The lowest BCUT2D eigenvalue weighted by Gasteiger charge is -2.34. The van der Waals surface area contributed by atoms with Crippen molar-refractivity contribution in [1.82, 2.24) is 20.4 Å². The lowest BCUT2D eigenvalue weighted by molar-refractivity contribution is 0.0179. The van der Waals surface area contributed by atoms with Gasteiger partial charge in [-0.05, 0) is 45.0 Å². The summed E-state index contributed by atoms with van der Waals surface area (Å²) in [5.74, 6) is 0.615. The molecule has 0 aromatic heterocycles. The van der Waals surface area contributed by atoms with Crippen LogP contribution in [0, 0.1) is 5.82 Å². The Morgan fingerprint density at radius 3 is 2.52 bits per heavy atom. The quantitative estimate of drug-likeness (QED) is 0.461. The lowest BCUT2D eigenvalue weighted by Crippen LogP contribution is -2.43. The summed E-state index contributed by atoms with van der Waals surface area (Å²) in [4.78, 5) is 9.58. The second-order valence-electron chi connectivity index (χ2n) is 7.60. The second-order valence-corrected chi connectivity index (χ2v) is 7.60. The van der Waals surface area contributed by atoms with E-state index < -0.39 is 0 Å². The van der Waals surface area contributed by atoms with Gasteiger partial charge in [0.25, 0.3) is 0 Å². The third-order valence-corrected chi connectivity index (χ3v) is 5.61. The molecule has 0 radical (unpaired) electrons. The van der Waals surface area contributed by atoms with Crippen molar-refractivity contribution >= 4 is 5.96 Å². The van der Waals surface area contributed by atoms with Crippen molar-refractivity contribution in [3.05, 3.63) is 35.6 Å². The summed E-state index contributed by atoms with van der Waals surface area (Å²) in [6, 6.07) is 7.47. The van der Waals surface area contributed by atoms with E-state index in [4.69, 9.17) is 9.73 Å². The summed E-state index contributed by atoms with van der Waals surface area (Å²) in [5, 5.41) is 6.78. The van der Waals surface area contributed by atoms with E-state index in [1.165, 1.54) is 12.1 Å². The van der Waals surface area contributed by atoms with E-state index in [0.29, 0.717) is 12.6 Å². The van der Waals surface area contributed by atoms with Gasteiger partial charge in [-0.2, -0.15) is 0 Å². The zero-order valence-electron chi connectivity index (χ0n) is 18.5. The zero-order valence-corrected chi connectivity index (χ0v) is 18.5. The molecule has 2 rings (SSSR count). The molecule has 6 nitrogen and oxygen atoms in total. The Kier molecular flexibility index (Phi) is 10.4. The van der Waals surface area contributed by atoms with Gasteiger partial charge in [0.05, 0.1) is 25.8 Å². The van der Waals surface area contributed by atoms with Crippen molar-refractivity contribution in [2.45, 2.75) is 39.3 Å². The van der Waals surface area contributed by atoms with Crippen LogP contribution in [0.25, 0.3) is 0 Å². The molecular formula is C22H38FN5O. The minimum Gasteiger partial charge on any atom is -0.379 e. The van der Waals surface area contributed by atoms with Gasteiger partial charge in [0.1, 0.15) is 5.82 Å². The first-order chi connectivity index (χ1) is 14.0. The molecule has 2 atom stereocenters. The average molecular weight is 408 g/mol. The van der Waals surface area contributed by atoms with Gasteiger partial charge in [0, 0.05) is 38.8 Å². The molecule has 1 aromatic carbocycles. The van der Waals surface area contributed by atoms with Gasteiger partial charge in [-0.25, -0.2) is 4.39 Å². The Labute approximate surface area is 175 Å². The number of benzene rings is 1. The Morgan fingerprint density at radius 2 is 1.90 bits per heavy atom. The monoisotopic (exact) mass is 407 g/mol. The van der Waals surface area contributed by atoms with Gasteiger partial charge in [-0.1, -0.05) is 19.1 Å². The molecule has 2 unspecified atom stereocenters. The number of rotatable bonds is 10. The SMILES string of the molecule is CCNC(=NCC(c1ccc(F)cc1)N1CCOCC1)NCCN(C)C(C)CC. The summed E-state index contributed by atoms with van der Waals surface area (Å²) in [6.07, 6.45) is 1.14.